The van der Waals surface area contributed by atoms with E-state index in [-0.39, 0.29) is 12.5 Å². The second-order valence-corrected chi connectivity index (χ2v) is 4.01. The second kappa shape index (κ2) is 6.70. The molecule has 0 aliphatic heterocycles. The smallest absolute Gasteiger partial charge is 0.231 e. The van der Waals surface area contributed by atoms with Gasteiger partial charge in [0.05, 0.1) is 12.3 Å². The van der Waals surface area contributed by atoms with Gasteiger partial charge in [-0.15, -0.1) is 18.2 Å². The maximum Gasteiger partial charge on any atom is 0.231 e. The number of carbonyl (C=O) groups is 2. The molecule has 0 radical (unpaired) electrons. The molecule has 4 heteroatoms. The van der Waals surface area contributed by atoms with Gasteiger partial charge >= 0.3 is 0 Å². The molecule has 82 valence electrons. The fraction of sp³-hybridized carbons (Fsp3) is 0.167. The molecular weight excluding hydrogens is 222 g/mol. The topological polar surface area (TPSA) is 46.2 Å². The van der Waals surface area contributed by atoms with Crippen molar-refractivity contribution in [3.05, 3.63) is 29.8 Å². The summed E-state index contributed by atoms with van der Waals surface area (Å²) < 4.78 is 0. The maximum absolute atomic E-state index is 11.2. The van der Waals surface area contributed by atoms with Crippen LogP contribution in [0.5, 0.6) is 0 Å². The van der Waals surface area contributed by atoms with Gasteiger partial charge in [-0.05, 0) is 12.1 Å². The van der Waals surface area contributed by atoms with E-state index in [2.05, 4.69) is 11.2 Å². The first kappa shape index (κ1) is 12.3. The number of carbonyl (C=O) groups excluding carboxylic acids is 2. The monoisotopic (exact) mass is 233 g/mol. The van der Waals surface area contributed by atoms with Gasteiger partial charge in [0.2, 0.25) is 5.91 Å². The number of hydrogen-bond donors (Lipinski definition) is 1. The van der Waals surface area contributed by atoms with Crippen molar-refractivity contribution in [3.8, 4) is 12.3 Å². The van der Waals surface area contributed by atoms with Gasteiger partial charge in [-0.3, -0.25) is 9.59 Å². The minimum atomic E-state index is -0.0950. The highest BCUT2D eigenvalue weighted by molar-refractivity contribution is 8.00. The summed E-state index contributed by atoms with van der Waals surface area (Å²) in [4.78, 5) is 22.6. The molecule has 1 rings (SSSR count). The van der Waals surface area contributed by atoms with Crippen LogP contribution in [0.4, 0.5) is 0 Å². The molecule has 0 unspecified atom stereocenters. The number of terminal acetylenes is 1. The molecule has 1 amide bonds. The van der Waals surface area contributed by atoms with Crippen molar-refractivity contribution in [3.63, 3.8) is 0 Å². The SMILES string of the molecule is C#CCNC(=O)CSc1ccc(C=O)cc1. The van der Waals surface area contributed by atoms with Gasteiger partial charge in [-0.1, -0.05) is 18.1 Å². The molecule has 0 spiro atoms. The quantitative estimate of drug-likeness (QED) is 0.474. The van der Waals surface area contributed by atoms with Crippen LogP contribution in [-0.4, -0.2) is 24.5 Å². The van der Waals surface area contributed by atoms with Gasteiger partial charge in [-0.2, -0.15) is 0 Å². The zero-order chi connectivity index (χ0) is 11.8. The normalized spacial score (nSPS) is 9.19. The van der Waals surface area contributed by atoms with E-state index in [1.54, 1.807) is 12.1 Å². The molecular formula is C12H11NO2S. The highest BCUT2D eigenvalue weighted by Crippen LogP contribution is 2.17. The summed E-state index contributed by atoms with van der Waals surface area (Å²) in [5, 5.41) is 2.57. The first-order chi connectivity index (χ1) is 7.76. The van der Waals surface area contributed by atoms with E-state index < -0.39 is 0 Å². The molecule has 16 heavy (non-hydrogen) atoms. The Morgan fingerprint density at radius 3 is 2.69 bits per heavy atom. The van der Waals surface area contributed by atoms with Crippen molar-refractivity contribution in [1.82, 2.24) is 5.32 Å². The third-order valence-corrected chi connectivity index (χ3v) is 2.79. The van der Waals surface area contributed by atoms with Crippen LogP contribution in [0.15, 0.2) is 29.2 Å². The van der Waals surface area contributed by atoms with Crippen molar-refractivity contribution in [2.45, 2.75) is 4.90 Å². The molecule has 1 aromatic carbocycles. The Kier molecular flexibility index (Phi) is 5.17. The predicted octanol–water partition coefficient (Wildman–Crippen LogP) is 1.34. The number of rotatable bonds is 5. The van der Waals surface area contributed by atoms with E-state index in [1.165, 1.54) is 11.8 Å². The number of thioether (sulfide) groups is 1. The minimum Gasteiger partial charge on any atom is -0.344 e. The summed E-state index contributed by atoms with van der Waals surface area (Å²) in [5.41, 5.74) is 0.626. The van der Waals surface area contributed by atoms with Crippen molar-refractivity contribution < 1.29 is 9.59 Å². The van der Waals surface area contributed by atoms with Gasteiger partial charge in [0.25, 0.3) is 0 Å². The number of amides is 1. The lowest BCUT2D eigenvalue weighted by Gasteiger charge is -2.02. The van der Waals surface area contributed by atoms with Crippen LogP contribution in [0, 0.1) is 12.3 Å². The Morgan fingerprint density at radius 1 is 1.44 bits per heavy atom. The van der Waals surface area contributed by atoms with Crippen molar-refractivity contribution in [2.75, 3.05) is 12.3 Å². The van der Waals surface area contributed by atoms with Gasteiger partial charge < -0.3 is 5.32 Å². The maximum atomic E-state index is 11.2. The van der Waals surface area contributed by atoms with E-state index in [1.807, 2.05) is 12.1 Å². The summed E-state index contributed by atoms with van der Waals surface area (Å²) >= 11 is 1.40. The number of hydrogen-bond acceptors (Lipinski definition) is 3. The molecule has 0 saturated heterocycles. The van der Waals surface area contributed by atoms with E-state index >= 15 is 0 Å². The molecule has 0 fully saturated rings. The van der Waals surface area contributed by atoms with Gasteiger partial charge in [0.15, 0.2) is 0 Å². The average molecular weight is 233 g/mol. The molecule has 1 N–H and O–H groups in total. The molecule has 0 atom stereocenters. The van der Waals surface area contributed by atoms with Crippen LogP contribution in [0.25, 0.3) is 0 Å². The van der Waals surface area contributed by atoms with E-state index in [0.29, 0.717) is 11.3 Å². The van der Waals surface area contributed by atoms with Gasteiger partial charge in [0.1, 0.15) is 6.29 Å². The second-order valence-electron chi connectivity index (χ2n) is 2.96. The molecule has 0 bridgehead atoms. The Bertz CT molecular complexity index is 406. The van der Waals surface area contributed by atoms with Crippen molar-refractivity contribution >= 4 is 24.0 Å². The zero-order valence-electron chi connectivity index (χ0n) is 8.60. The average Bonchev–Trinajstić information content (AvgIpc) is 2.34. The lowest BCUT2D eigenvalue weighted by Crippen LogP contribution is -2.25. The molecule has 0 aliphatic rings. The van der Waals surface area contributed by atoms with Crippen molar-refractivity contribution in [1.29, 1.82) is 0 Å². The van der Waals surface area contributed by atoms with Gasteiger partial charge in [0, 0.05) is 10.5 Å². The number of aldehydes is 1. The summed E-state index contributed by atoms with van der Waals surface area (Å²) in [6.45, 7) is 0.253. The Morgan fingerprint density at radius 2 is 2.12 bits per heavy atom. The third kappa shape index (κ3) is 4.20. The molecule has 1 aromatic rings. The summed E-state index contributed by atoms with van der Waals surface area (Å²) in [5.74, 6) is 2.56. The predicted molar refractivity (Wildman–Crippen MR) is 64.4 cm³/mol. The van der Waals surface area contributed by atoms with Crippen LogP contribution in [0.2, 0.25) is 0 Å². The Balaban J connectivity index is 2.39. The third-order valence-electron chi connectivity index (χ3n) is 1.77. The fourth-order valence-corrected chi connectivity index (χ4v) is 1.72. The summed E-state index contributed by atoms with van der Waals surface area (Å²) in [6, 6.07) is 7.05. The molecule has 0 saturated carbocycles. The fourth-order valence-electron chi connectivity index (χ4n) is 0.992. The molecule has 0 heterocycles. The largest absolute Gasteiger partial charge is 0.344 e. The highest BCUT2D eigenvalue weighted by atomic mass is 32.2. The zero-order valence-corrected chi connectivity index (χ0v) is 9.42. The number of benzene rings is 1. The summed E-state index contributed by atoms with van der Waals surface area (Å²) in [6.07, 6.45) is 5.80. The van der Waals surface area contributed by atoms with Crippen molar-refractivity contribution in [2.24, 2.45) is 0 Å². The standard InChI is InChI=1S/C12H11NO2S/c1-2-7-13-12(15)9-16-11-5-3-10(8-14)4-6-11/h1,3-6,8H,7,9H2,(H,13,15). The lowest BCUT2D eigenvalue weighted by atomic mass is 10.2. The number of nitrogens with one attached hydrogen (secondary N) is 1. The van der Waals surface area contributed by atoms with E-state index in [0.717, 1.165) is 11.2 Å². The van der Waals surface area contributed by atoms with Crippen LogP contribution in [-0.2, 0) is 4.79 Å². The minimum absolute atomic E-state index is 0.0950. The first-order valence-electron chi connectivity index (χ1n) is 4.64. The van der Waals surface area contributed by atoms with Crippen LogP contribution >= 0.6 is 11.8 Å². The lowest BCUT2D eigenvalue weighted by molar-refractivity contribution is -0.118. The van der Waals surface area contributed by atoms with Crippen LogP contribution in [0.1, 0.15) is 10.4 Å². The Labute approximate surface area is 98.6 Å². The van der Waals surface area contributed by atoms with Crippen LogP contribution < -0.4 is 5.32 Å². The Hall–Kier alpha value is -1.73. The summed E-state index contributed by atoms with van der Waals surface area (Å²) in [7, 11) is 0. The highest BCUT2D eigenvalue weighted by Gasteiger charge is 2.01. The van der Waals surface area contributed by atoms with E-state index in [9.17, 15) is 9.59 Å². The van der Waals surface area contributed by atoms with Gasteiger partial charge in [-0.25, -0.2) is 0 Å². The molecule has 0 aliphatic carbocycles. The van der Waals surface area contributed by atoms with Crippen LogP contribution in [0.3, 0.4) is 0 Å². The molecule has 0 aromatic heterocycles. The van der Waals surface area contributed by atoms with E-state index in [4.69, 9.17) is 6.42 Å². The molecule has 3 nitrogen and oxygen atoms in total. The first-order valence-corrected chi connectivity index (χ1v) is 5.63.